The molecule has 2 N–H and O–H groups in total. The minimum Gasteiger partial charge on any atom is -0.387 e. The number of rotatable bonds is 6. The van der Waals surface area contributed by atoms with E-state index in [1.807, 2.05) is 45.9 Å². The molecule has 2 aromatic rings. The van der Waals surface area contributed by atoms with Gasteiger partial charge in [-0.15, -0.1) is 0 Å². The highest BCUT2D eigenvalue weighted by Gasteiger charge is 2.09. The maximum atomic E-state index is 4.24. The number of nitrogens with zero attached hydrogens (tertiary/aromatic N) is 2. The first-order valence-electron chi connectivity index (χ1n) is 9.01. The third-order valence-electron chi connectivity index (χ3n) is 3.31. The minimum absolute atomic E-state index is 0.697. The van der Waals surface area contributed by atoms with Crippen molar-refractivity contribution >= 4 is 12.6 Å². The van der Waals surface area contributed by atoms with Crippen LogP contribution >= 0.6 is 0 Å². The summed E-state index contributed by atoms with van der Waals surface area (Å²) in [5.41, 5.74) is 7.27. The van der Waals surface area contributed by atoms with Crippen LogP contribution in [0.2, 0.25) is 0 Å². The molecule has 140 valence electrons. The average Bonchev–Trinajstić information content (AvgIpc) is 2.74. The Balaban J connectivity index is 0.00000146. The molecule has 0 aromatic heterocycles. The molecule has 0 bridgehead atoms. The number of aliphatic imine (C=N–C) groups is 1. The van der Waals surface area contributed by atoms with Crippen LogP contribution in [-0.2, 0) is 6.54 Å². The lowest BCUT2D eigenvalue weighted by Gasteiger charge is -2.12. The summed E-state index contributed by atoms with van der Waals surface area (Å²) < 4.78 is 0. The Hall–Kier alpha value is -2.88. The molecule has 2 rings (SSSR count). The van der Waals surface area contributed by atoms with Gasteiger partial charge < -0.3 is 5.32 Å². The van der Waals surface area contributed by atoms with Crippen molar-refractivity contribution in [1.29, 1.82) is 0 Å². The first-order chi connectivity index (χ1) is 12.8. The predicted molar refractivity (Wildman–Crippen MR) is 117 cm³/mol. The molecule has 0 radical (unpaired) electrons. The number of benzene rings is 2. The van der Waals surface area contributed by atoms with Crippen molar-refractivity contribution in [3.8, 4) is 11.1 Å². The summed E-state index contributed by atoms with van der Waals surface area (Å²) >= 11 is 0. The summed E-state index contributed by atoms with van der Waals surface area (Å²) in [5, 5.41) is 6.81. The maximum Gasteiger partial charge on any atom is 0.149 e. The Morgan fingerprint density at radius 2 is 1.62 bits per heavy atom. The van der Waals surface area contributed by atoms with Crippen LogP contribution in [0.5, 0.6) is 0 Å². The summed E-state index contributed by atoms with van der Waals surface area (Å²) in [7, 11) is 1.73. The number of hydrazone groups is 1. The van der Waals surface area contributed by atoms with Gasteiger partial charge in [0, 0.05) is 25.9 Å². The van der Waals surface area contributed by atoms with Gasteiger partial charge in [-0.05, 0) is 22.9 Å². The van der Waals surface area contributed by atoms with Crippen molar-refractivity contribution in [3.05, 3.63) is 72.4 Å². The van der Waals surface area contributed by atoms with Crippen LogP contribution in [0.3, 0.4) is 0 Å². The predicted octanol–water partition coefficient (Wildman–Crippen LogP) is 5.22. The van der Waals surface area contributed by atoms with Crippen molar-refractivity contribution in [3.63, 3.8) is 0 Å². The monoisotopic (exact) mass is 352 g/mol. The fourth-order valence-electron chi connectivity index (χ4n) is 2.24. The van der Waals surface area contributed by atoms with E-state index in [0.717, 1.165) is 23.2 Å². The fourth-order valence-corrected chi connectivity index (χ4v) is 2.24. The van der Waals surface area contributed by atoms with Crippen LogP contribution in [-0.4, -0.2) is 19.6 Å². The molecule has 0 amide bonds. The number of amidine groups is 1. The molecule has 26 heavy (non-hydrogen) atoms. The third-order valence-corrected chi connectivity index (χ3v) is 3.31. The van der Waals surface area contributed by atoms with Crippen molar-refractivity contribution in [2.75, 3.05) is 7.05 Å². The van der Waals surface area contributed by atoms with E-state index in [1.165, 1.54) is 5.56 Å². The van der Waals surface area contributed by atoms with Crippen LogP contribution in [0.4, 0.5) is 0 Å². The zero-order chi connectivity index (χ0) is 19.8. The third kappa shape index (κ3) is 6.93. The van der Waals surface area contributed by atoms with Gasteiger partial charge in [0.1, 0.15) is 5.84 Å². The first kappa shape index (κ1) is 23.1. The quantitative estimate of drug-likeness (QED) is 0.425. The molecule has 0 aliphatic heterocycles. The van der Waals surface area contributed by atoms with Gasteiger partial charge in [0.25, 0.3) is 0 Å². The van der Waals surface area contributed by atoms with E-state index in [1.54, 1.807) is 13.2 Å². The van der Waals surface area contributed by atoms with Crippen LogP contribution in [0.25, 0.3) is 11.1 Å². The summed E-state index contributed by atoms with van der Waals surface area (Å²) in [6.45, 7) is 15.9. The molecular weight excluding hydrogens is 320 g/mol. The van der Waals surface area contributed by atoms with Gasteiger partial charge in [-0.1, -0.05) is 82.8 Å². The Labute approximate surface area is 158 Å². The first-order valence-corrected chi connectivity index (χ1v) is 9.01. The molecule has 0 aliphatic rings. The Morgan fingerprint density at radius 3 is 2.15 bits per heavy atom. The smallest absolute Gasteiger partial charge is 0.149 e. The summed E-state index contributed by atoms with van der Waals surface area (Å²) in [6.07, 6.45) is 1.70. The zero-order valence-electron chi connectivity index (χ0n) is 16.7. The average molecular weight is 353 g/mol. The molecule has 0 aliphatic carbocycles. The standard InChI is InChI=1S/C18H20N4.2C2H6/c1-4-21-13-14-9-11-15(12-10-14)16-7-5-6-8-17(16)18(19-2)22-20-3;2*1-2/h4-12,21H,1,3,13H2,2H3,(H,19,22);2*1-2H3. The van der Waals surface area contributed by atoms with Crippen LogP contribution in [0.1, 0.15) is 38.8 Å². The highest BCUT2D eigenvalue weighted by Crippen LogP contribution is 2.24. The molecule has 4 heteroatoms. The van der Waals surface area contributed by atoms with Crippen molar-refractivity contribution in [2.24, 2.45) is 10.1 Å². The lowest BCUT2D eigenvalue weighted by Crippen LogP contribution is -2.19. The van der Waals surface area contributed by atoms with Crippen molar-refractivity contribution in [2.45, 2.75) is 34.2 Å². The Morgan fingerprint density at radius 1 is 1.00 bits per heavy atom. The number of hydrogen-bond acceptors (Lipinski definition) is 3. The molecule has 2 aromatic carbocycles. The summed E-state index contributed by atoms with van der Waals surface area (Å²) in [6, 6.07) is 16.5. The SMILES string of the molecule is C=CNCc1ccc(-c2ccccc2C(=NC)NN=C)cc1.CC.CC. The molecule has 0 spiro atoms. The van der Waals surface area contributed by atoms with E-state index < -0.39 is 0 Å². The van der Waals surface area contributed by atoms with E-state index in [2.05, 4.69) is 64.5 Å². The second kappa shape index (κ2) is 14.5. The van der Waals surface area contributed by atoms with E-state index in [9.17, 15) is 0 Å². The van der Waals surface area contributed by atoms with Crippen molar-refractivity contribution < 1.29 is 0 Å². The number of hydrogen-bond donors (Lipinski definition) is 2. The van der Waals surface area contributed by atoms with E-state index in [-0.39, 0.29) is 0 Å². The van der Waals surface area contributed by atoms with E-state index in [4.69, 9.17) is 0 Å². The molecular formula is C22H32N4. The van der Waals surface area contributed by atoms with Gasteiger partial charge >= 0.3 is 0 Å². The summed E-state index contributed by atoms with van der Waals surface area (Å²) in [5.74, 6) is 0.697. The number of nitrogens with one attached hydrogen (secondary N) is 2. The van der Waals surface area contributed by atoms with Crippen LogP contribution in [0, 0.1) is 0 Å². The lowest BCUT2D eigenvalue weighted by molar-refractivity contribution is 0.873. The van der Waals surface area contributed by atoms with Gasteiger partial charge in [-0.2, -0.15) is 5.10 Å². The highest BCUT2D eigenvalue weighted by molar-refractivity contribution is 6.04. The van der Waals surface area contributed by atoms with Gasteiger partial charge in [-0.25, -0.2) is 0 Å². The minimum atomic E-state index is 0.697. The molecule has 0 unspecified atom stereocenters. The molecule has 0 saturated heterocycles. The molecule has 0 atom stereocenters. The molecule has 0 heterocycles. The zero-order valence-corrected chi connectivity index (χ0v) is 16.7. The Bertz CT molecular complexity index is 673. The highest BCUT2D eigenvalue weighted by atomic mass is 15.3. The maximum absolute atomic E-state index is 4.24. The normalized spacial score (nSPS) is 9.65. The van der Waals surface area contributed by atoms with E-state index >= 15 is 0 Å². The molecule has 4 nitrogen and oxygen atoms in total. The van der Waals surface area contributed by atoms with Gasteiger partial charge in [0.05, 0.1) is 0 Å². The van der Waals surface area contributed by atoms with Crippen LogP contribution in [0.15, 0.2) is 71.4 Å². The van der Waals surface area contributed by atoms with Gasteiger partial charge in [-0.3, -0.25) is 10.4 Å². The van der Waals surface area contributed by atoms with Crippen molar-refractivity contribution in [1.82, 2.24) is 10.7 Å². The van der Waals surface area contributed by atoms with Gasteiger partial charge in [0.2, 0.25) is 0 Å². The topological polar surface area (TPSA) is 48.8 Å². The van der Waals surface area contributed by atoms with Gasteiger partial charge in [0.15, 0.2) is 0 Å². The second-order valence-corrected chi connectivity index (χ2v) is 4.67. The Kier molecular flexibility index (Phi) is 12.9. The summed E-state index contributed by atoms with van der Waals surface area (Å²) in [4.78, 5) is 4.24. The lowest BCUT2D eigenvalue weighted by atomic mass is 9.98. The fraction of sp³-hybridized carbons (Fsp3) is 0.273. The largest absolute Gasteiger partial charge is 0.387 e. The molecule has 0 saturated carbocycles. The second-order valence-electron chi connectivity index (χ2n) is 4.67. The van der Waals surface area contributed by atoms with E-state index in [0.29, 0.717) is 5.84 Å². The van der Waals surface area contributed by atoms with Crippen LogP contribution < -0.4 is 10.7 Å². The molecule has 0 fully saturated rings.